The maximum absolute atomic E-state index is 2.73. The average Bonchev–Trinajstić information content (AvgIpc) is 2.87. The largest absolute Gasteiger partial charge is 0.0654 e. The van der Waals surface area contributed by atoms with Gasteiger partial charge in [0.1, 0.15) is 0 Å². The van der Waals surface area contributed by atoms with Gasteiger partial charge in [0.2, 0.25) is 0 Å². The molecule has 0 aromatic carbocycles. The van der Waals surface area contributed by atoms with Gasteiger partial charge in [-0.2, -0.15) is 0 Å². The van der Waals surface area contributed by atoms with Crippen LogP contribution in [-0.4, -0.2) is 0 Å². The average molecular weight is 389 g/mol. The van der Waals surface area contributed by atoms with Crippen molar-refractivity contribution < 1.29 is 0 Å². The molecule has 3 rings (SSSR count). The fourth-order valence-electron chi connectivity index (χ4n) is 7.68. The van der Waals surface area contributed by atoms with Crippen molar-refractivity contribution in [3.63, 3.8) is 0 Å². The first-order chi connectivity index (χ1) is 13.5. The summed E-state index contributed by atoms with van der Waals surface area (Å²) in [6.45, 7) is 10.4. The molecule has 0 heterocycles. The van der Waals surface area contributed by atoms with E-state index in [1.165, 1.54) is 89.9 Å². The third kappa shape index (κ3) is 5.37. The van der Waals surface area contributed by atoms with E-state index < -0.39 is 0 Å². The van der Waals surface area contributed by atoms with Crippen LogP contribution in [0.1, 0.15) is 143 Å². The summed E-state index contributed by atoms with van der Waals surface area (Å²) in [5, 5.41) is 0. The van der Waals surface area contributed by atoms with Gasteiger partial charge in [0.05, 0.1) is 0 Å². The first kappa shape index (κ1) is 22.7. The Balaban J connectivity index is 1.65. The zero-order valence-electron chi connectivity index (χ0n) is 20.0. The molecule has 0 spiro atoms. The maximum Gasteiger partial charge on any atom is -0.0272 e. The van der Waals surface area contributed by atoms with E-state index in [0.717, 1.165) is 23.7 Å². The summed E-state index contributed by atoms with van der Waals surface area (Å²) in [5.74, 6) is 4.13. The van der Waals surface area contributed by atoms with E-state index in [2.05, 4.69) is 27.7 Å². The van der Waals surface area contributed by atoms with Gasteiger partial charge in [-0.1, -0.05) is 85.5 Å². The van der Waals surface area contributed by atoms with Crippen LogP contribution >= 0.6 is 0 Å². The molecule has 0 amide bonds. The lowest BCUT2D eigenvalue weighted by atomic mass is 9.57. The van der Waals surface area contributed by atoms with Crippen LogP contribution in [0.5, 0.6) is 0 Å². The third-order valence-electron chi connectivity index (χ3n) is 10.3. The minimum atomic E-state index is 0.604. The van der Waals surface area contributed by atoms with Crippen LogP contribution in [0.15, 0.2) is 0 Å². The summed E-state index contributed by atoms with van der Waals surface area (Å²) in [6, 6.07) is 0. The summed E-state index contributed by atoms with van der Waals surface area (Å²) in [7, 11) is 0. The van der Waals surface area contributed by atoms with Gasteiger partial charge in [0, 0.05) is 0 Å². The molecule has 3 saturated carbocycles. The Morgan fingerprint density at radius 2 is 1.21 bits per heavy atom. The molecule has 0 heteroatoms. The molecule has 28 heavy (non-hydrogen) atoms. The molecule has 0 radical (unpaired) electrons. The van der Waals surface area contributed by atoms with Crippen molar-refractivity contribution in [2.75, 3.05) is 0 Å². The predicted octanol–water partition coefficient (Wildman–Crippen LogP) is 9.57. The van der Waals surface area contributed by atoms with E-state index in [1.54, 1.807) is 25.7 Å². The Bertz CT molecular complexity index is 441. The highest BCUT2D eigenvalue weighted by molar-refractivity contribution is 4.97. The first-order valence-corrected chi connectivity index (χ1v) is 13.5. The molecule has 164 valence electrons. The summed E-state index contributed by atoms with van der Waals surface area (Å²) >= 11 is 0. The Labute approximate surface area is 178 Å². The Hall–Kier alpha value is 0. The molecule has 3 aliphatic carbocycles. The van der Waals surface area contributed by atoms with E-state index >= 15 is 0 Å². The summed E-state index contributed by atoms with van der Waals surface area (Å²) in [4.78, 5) is 0. The zero-order chi connectivity index (χ0) is 20.0. The molecule has 0 bridgehead atoms. The number of hydrogen-bond donors (Lipinski definition) is 0. The molecule has 0 aromatic rings. The lowest BCUT2D eigenvalue weighted by Crippen LogP contribution is -2.38. The minimum absolute atomic E-state index is 0.604. The van der Waals surface area contributed by atoms with Crippen molar-refractivity contribution in [2.45, 2.75) is 143 Å². The number of hydrogen-bond acceptors (Lipinski definition) is 0. The van der Waals surface area contributed by atoms with Gasteiger partial charge < -0.3 is 0 Å². The van der Waals surface area contributed by atoms with Gasteiger partial charge >= 0.3 is 0 Å². The second-order valence-corrected chi connectivity index (χ2v) is 12.0. The van der Waals surface area contributed by atoms with Crippen molar-refractivity contribution in [2.24, 2.45) is 34.5 Å². The van der Waals surface area contributed by atoms with Crippen LogP contribution in [0.2, 0.25) is 0 Å². The lowest BCUT2D eigenvalue weighted by molar-refractivity contribution is 0.0252. The van der Waals surface area contributed by atoms with Crippen LogP contribution < -0.4 is 0 Å². The fraction of sp³-hybridized carbons (Fsp3) is 1.00. The predicted molar refractivity (Wildman–Crippen MR) is 125 cm³/mol. The molecule has 0 saturated heterocycles. The van der Waals surface area contributed by atoms with Crippen LogP contribution in [0.3, 0.4) is 0 Å². The van der Waals surface area contributed by atoms with Crippen molar-refractivity contribution in [1.29, 1.82) is 0 Å². The monoisotopic (exact) mass is 388 g/mol. The van der Waals surface area contributed by atoms with E-state index in [1.807, 2.05) is 0 Å². The third-order valence-corrected chi connectivity index (χ3v) is 10.3. The molecule has 3 aliphatic rings. The van der Waals surface area contributed by atoms with Gasteiger partial charge in [-0.3, -0.25) is 0 Å². The molecule has 0 N–H and O–H groups in total. The van der Waals surface area contributed by atoms with Crippen LogP contribution in [-0.2, 0) is 0 Å². The quantitative estimate of drug-likeness (QED) is 0.449. The van der Waals surface area contributed by atoms with E-state index in [4.69, 9.17) is 0 Å². The Kier molecular flexibility index (Phi) is 8.38. The molecule has 0 nitrogen and oxygen atoms in total. The van der Waals surface area contributed by atoms with Gasteiger partial charge in [-0.25, -0.2) is 0 Å². The maximum atomic E-state index is 2.73. The van der Waals surface area contributed by atoms with Crippen molar-refractivity contribution >= 4 is 0 Å². The Morgan fingerprint density at radius 3 is 1.82 bits per heavy atom. The SMILES string of the molecule is CCCC(C)C1CCC2CCC(C)(C3(C)CCCCCCCCC3)CCC2C1. The van der Waals surface area contributed by atoms with Crippen LogP contribution in [0, 0.1) is 34.5 Å². The van der Waals surface area contributed by atoms with Crippen molar-refractivity contribution in [1.82, 2.24) is 0 Å². The topological polar surface area (TPSA) is 0 Å². The normalized spacial score (nSPS) is 38.8. The smallest absolute Gasteiger partial charge is 0.0272 e. The lowest BCUT2D eigenvalue weighted by Gasteiger charge is -2.48. The zero-order valence-corrected chi connectivity index (χ0v) is 20.0. The second-order valence-electron chi connectivity index (χ2n) is 12.0. The molecule has 0 aliphatic heterocycles. The highest BCUT2D eigenvalue weighted by atomic mass is 14.5. The van der Waals surface area contributed by atoms with Crippen LogP contribution in [0.25, 0.3) is 0 Å². The van der Waals surface area contributed by atoms with Crippen LogP contribution in [0.4, 0.5) is 0 Å². The summed E-state index contributed by atoms with van der Waals surface area (Å²) in [6.07, 6.45) is 27.1. The van der Waals surface area contributed by atoms with E-state index in [-0.39, 0.29) is 0 Å². The molecule has 5 unspecified atom stereocenters. The Morgan fingerprint density at radius 1 is 0.679 bits per heavy atom. The fourth-order valence-corrected chi connectivity index (χ4v) is 7.68. The van der Waals surface area contributed by atoms with Gasteiger partial charge in [0.25, 0.3) is 0 Å². The standard InChI is InChI=1S/C28H52/c1-5-13-23(2)25-15-14-24-16-20-28(4,21-17-26(24)22-25)27(3)18-11-9-7-6-8-10-12-19-27/h23-26H,5-22H2,1-4H3. The molecular weight excluding hydrogens is 336 g/mol. The van der Waals surface area contributed by atoms with Gasteiger partial charge in [-0.15, -0.1) is 0 Å². The number of fused-ring (bicyclic) bond motifs is 1. The molecule has 0 aromatic heterocycles. The molecule has 5 atom stereocenters. The van der Waals surface area contributed by atoms with Gasteiger partial charge in [-0.05, 0) is 92.3 Å². The highest BCUT2D eigenvalue weighted by Gasteiger charge is 2.46. The van der Waals surface area contributed by atoms with E-state index in [0.29, 0.717) is 10.8 Å². The van der Waals surface area contributed by atoms with Crippen molar-refractivity contribution in [3.8, 4) is 0 Å². The minimum Gasteiger partial charge on any atom is -0.0654 e. The second kappa shape index (κ2) is 10.3. The first-order valence-electron chi connectivity index (χ1n) is 13.5. The number of rotatable bonds is 4. The van der Waals surface area contributed by atoms with Crippen molar-refractivity contribution in [3.05, 3.63) is 0 Å². The molecular formula is C28H52. The van der Waals surface area contributed by atoms with E-state index in [9.17, 15) is 0 Å². The molecule has 3 fully saturated rings. The van der Waals surface area contributed by atoms with Gasteiger partial charge in [0.15, 0.2) is 0 Å². The highest BCUT2D eigenvalue weighted by Crippen LogP contribution is 2.57. The summed E-state index contributed by atoms with van der Waals surface area (Å²) < 4.78 is 0. The summed E-state index contributed by atoms with van der Waals surface area (Å²) in [5.41, 5.74) is 1.21.